The standard InChI is InChI=1S/C15H32O2Si/c1-11(2)13-10-12(3)16-18(17-13,14(4,5)6)15(7,8)9/h11-13H,10H2,1-9H3/t12-,13-/m0/s1. The van der Waals surface area contributed by atoms with E-state index in [0.717, 1.165) is 6.42 Å². The van der Waals surface area contributed by atoms with E-state index in [1.54, 1.807) is 0 Å². The molecule has 108 valence electrons. The van der Waals surface area contributed by atoms with Crippen LogP contribution in [0.3, 0.4) is 0 Å². The van der Waals surface area contributed by atoms with Crippen LogP contribution in [0.1, 0.15) is 68.7 Å². The van der Waals surface area contributed by atoms with Crippen molar-refractivity contribution in [2.75, 3.05) is 0 Å². The smallest absolute Gasteiger partial charge is 0.349 e. The first-order valence-corrected chi connectivity index (χ1v) is 9.08. The molecule has 2 atom stereocenters. The van der Waals surface area contributed by atoms with Gasteiger partial charge in [-0.15, -0.1) is 0 Å². The maximum atomic E-state index is 6.65. The molecule has 1 fully saturated rings. The highest BCUT2D eigenvalue weighted by Gasteiger charge is 2.61. The van der Waals surface area contributed by atoms with E-state index >= 15 is 0 Å². The molecule has 0 aromatic carbocycles. The molecule has 3 heteroatoms. The molecule has 0 N–H and O–H groups in total. The van der Waals surface area contributed by atoms with Crippen LogP contribution < -0.4 is 0 Å². The Morgan fingerprint density at radius 2 is 1.39 bits per heavy atom. The van der Waals surface area contributed by atoms with E-state index in [1.807, 2.05) is 0 Å². The molecule has 0 bridgehead atoms. The molecule has 1 rings (SSSR count). The summed E-state index contributed by atoms with van der Waals surface area (Å²) in [7, 11) is -2.27. The van der Waals surface area contributed by atoms with Crippen LogP contribution in [0.2, 0.25) is 10.1 Å². The van der Waals surface area contributed by atoms with E-state index < -0.39 is 8.56 Å². The fourth-order valence-electron chi connectivity index (χ4n) is 3.19. The molecule has 0 aromatic rings. The van der Waals surface area contributed by atoms with Crippen LogP contribution in [0.15, 0.2) is 0 Å². The van der Waals surface area contributed by atoms with E-state index in [1.165, 1.54) is 0 Å². The molecular formula is C15H32O2Si. The van der Waals surface area contributed by atoms with Crippen molar-refractivity contribution in [1.29, 1.82) is 0 Å². The Labute approximate surface area is 115 Å². The molecule has 1 heterocycles. The Morgan fingerprint density at radius 3 is 1.72 bits per heavy atom. The Hall–Kier alpha value is 0.137. The molecule has 1 saturated heterocycles. The highest BCUT2D eigenvalue weighted by molar-refractivity contribution is 6.73. The lowest BCUT2D eigenvalue weighted by molar-refractivity contribution is -0.0349. The number of hydrogen-bond acceptors (Lipinski definition) is 2. The molecular weight excluding hydrogens is 240 g/mol. The second-order valence-electron chi connectivity index (χ2n) is 8.18. The van der Waals surface area contributed by atoms with E-state index in [9.17, 15) is 0 Å². The summed E-state index contributed by atoms with van der Waals surface area (Å²) in [5.74, 6) is 0.563. The van der Waals surface area contributed by atoms with Crippen molar-refractivity contribution in [3.63, 3.8) is 0 Å². The Kier molecular flexibility index (Phi) is 4.42. The lowest BCUT2D eigenvalue weighted by Gasteiger charge is -2.55. The van der Waals surface area contributed by atoms with Gasteiger partial charge >= 0.3 is 8.56 Å². The van der Waals surface area contributed by atoms with Crippen LogP contribution in [0, 0.1) is 5.92 Å². The first-order chi connectivity index (χ1) is 7.91. The SMILES string of the molecule is CC(C)[C@@H]1C[C@H](C)O[Si](C(C)(C)C)(C(C)(C)C)O1. The molecule has 0 aromatic heterocycles. The zero-order chi connectivity index (χ0) is 14.4. The zero-order valence-corrected chi connectivity index (χ0v) is 14.8. The average Bonchev–Trinajstić information content (AvgIpc) is 2.12. The molecule has 1 aliphatic rings. The van der Waals surface area contributed by atoms with Gasteiger partial charge in [0.15, 0.2) is 0 Å². The van der Waals surface area contributed by atoms with Crippen LogP contribution in [-0.2, 0) is 8.85 Å². The van der Waals surface area contributed by atoms with Crippen LogP contribution in [0.25, 0.3) is 0 Å². The summed E-state index contributed by atoms with van der Waals surface area (Å²) < 4.78 is 13.2. The van der Waals surface area contributed by atoms with Gasteiger partial charge in [0.2, 0.25) is 0 Å². The Morgan fingerprint density at radius 1 is 0.944 bits per heavy atom. The molecule has 0 aliphatic carbocycles. The Bertz CT molecular complexity index is 272. The minimum atomic E-state index is -2.27. The van der Waals surface area contributed by atoms with Gasteiger partial charge in [-0.3, -0.25) is 0 Å². The quantitative estimate of drug-likeness (QED) is 0.633. The lowest BCUT2D eigenvalue weighted by Crippen LogP contribution is -2.63. The summed E-state index contributed by atoms with van der Waals surface area (Å²) in [6.45, 7) is 20.4. The van der Waals surface area contributed by atoms with Crippen molar-refractivity contribution < 1.29 is 8.85 Å². The van der Waals surface area contributed by atoms with Crippen LogP contribution in [0.5, 0.6) is 0 Å². The van der Waals surface area contributed by atoms with Gasteiger partial charge in [0.05, 0.1) is 6.10 Å². The van der Waals surface area contributed by atoms with Crippen molar-refractivity contribution in [3.05, 3.63) is 0 Å². The summed E-state index contributed by atoms with van der Waals surface area (Å²) in [6.07, 6.45) is 1.69. The van der Waals surface area contributed by atoms with Crippen LogP contribution in [0.4, 0.5) is 0 Å². The fourth-order valence-corrected chi connectivity index (χ4v) is 8.37. The molecule has 0 unspecified atom stereocenters. The monoisotopic (exact) mass is 272 g/mol. The van der Waals surface area contributed by atoms with Crippen molar-refractivity contribution in [2.24, 2.45) is 5.92 Å². The summed E-state index contributed by atoms with van der Waals surface area (Å²) in [5.41, 5.74) is 0. The summed E-state index contributed by atoms with van der Waals surface area (Å²) in [6, 6.07) is 0. The number of hydrogen-bond donors (Lipinski definition) is 0. The third-order valence-corrected chi connectivity index (χ3v) is 9.29. The summed E-state index contributed by atoms with van der Waals surface area (Å²) >= 11 is 0. The third kappa shape index (κ3) is 2.83. The highest BCUT2D eigenvalue weighted by atomic mass is 28.4. The van der Waals surface area contributed by atoms with Crippen LogP contribution >= 0.6 is 0 Å². The van der Waals surface area contributed by atoms with Gasteiger partial charge < -0.3 is 8.85 Å². The van der Waals surface area contributed by atoms with Gasteiger partial charge in [0, 0.05) is 16.2 Å². The topological polar surface area (TPSA) is 18.5 Å². The van der Waals surface area contributed by atoms with Gasteiger partial charge in [-0.05, 0) is 19.3 Å². The molecule has 0 saturated carbocycles. The Balaban J connectivity index is 3.19. The largest absolute Gasteiger partial charge is 0.391 e. The second kappa shape index (κ2) is 4.91. The molecule has 0 radical (unpaired) electrons. The molecule has 0 spiro atoms. The molecule has 18 heavy (non-hydrogen) atoms. The van der Waals surface area contributed by atoms with Gasteiger partial charge in [-0.1, -0.05) is 55.4 Å². The van der Waals surface area contributed by atoms with Gasteiger partial charge in [-0.25, -0.2) is 0 Å². The van der Waals surface area contributed by atoms with E-state index in [-0.39, 0.29) is 10.1 Å². The first kappa shape index (κ1) is 16.2. The third-order valence-electron chi connectivity index (χ3n) is 3.97. The molecule has 1 aliphatic heterocycles. The van der Waals surface area contributed by atoms with Crippen molar-refractivity contribution >= 4 is 8.56 Å². The maximum absolute atomic E-state index is 6.65. The van der Waals surface area contributed by atoms with E-state index in [2.05, 4.69) is 62.3 Å². The highest BCUT2D eigenvalue weighted by Crippen LogP contribution is 2.55. The predicted molar refractivity (Wildman–Crippen MR) is 80.1 cm³/mol. The van der Waals surface area contributed by atoms with E-state index in [0.29, 0.717) is 18.1 Å². The first-order valence-electron chi connectivity index (χ1n) is 7.26. The molecule has 2 nitrogen and oxygen atoms in total. The summed E-state index contributed by atoms with van der Waals surface area (Å²) in [4.78, 5) is 0. The van der Waals surface area contributed by atoms with Gasteiger partial charge in [0.1, 0.15) is 0 Å². The predicted octanol–water partition coefficient (Wildman–Crippen LogP) is 4.88. The second-order valence-corrected chi connectivity index (χ2v) is 12.9. The van der Waals surface area contributed by atoms with E-state index in [4.69, 9.17) is 8.85 Å². The summed E-state index contributed by atoms with van der Waals surface area (Å²) in [5, 5.41) is 0.181. The van der Waals surface area contributed by atoms with Crippen LogP contribution in [-0.4, -0.2) is 20.8 Å². The maximum Gasteiger partial charge on any atom is 0.349 e. The van der Waals surface area contributed by atoms with Crippen molar-refractivity contribution in [3.8, 4) is 0 Å². The lowest BCUT2D eigenvalue weighted by atomic mass is 10.0. The van der Waals surface area contributed by atoms with Crippen molar-refractivity contribution in [2.45, 2.75) is 91.0 Å². The molecule has 0 amide bonds. The average molecular weight is 273 g/mol. The normalized spacial score (nSPS) is 29.7. The van der Waals surface area contributed by atoms with Crippen molar-refractivity contribution in [1.82, 2.24) is 0 Å². The minimum absolute atomic E-state index is 0.0903. The van der Waals surface area contributed by atoms with Gasteiger partial charge in [-0.2, -0.15) is 0 Å². The van der Waals surface area contributed by atoms with Gasteiger partial charge in [0.25, 0.3) is 0 Å². The number of rotatable bonds is 1. The fraction of sp³-hybridized carbons (Fsp3) is 1.00. The zero-order valence-electron chi connectivity index (χ0n) is 13.8. The minimum Gasteiger partial charge on any atom is -0.391 e.